The lowest BCUT2D eigenvalue weighted by molar-refractivity contribution is -0.136. The minimum atomic E-state index is -0.218. The van der Waals surface area contributed by atoms with Crippen LogP contribution in [0, 0.1) is 11.8 Å². The molecule has 0 spiro atoms. The minimum Gasteiger partial charge on any atom is -0.379 e. The zero-order valence-electron chi connectivity index (χ0n) is 21.7. The molecule has 3 aliphatic rings. The number of carbonyl (C=O) groups excluding carboxylic acids is 4. The van der Waals surface area contributed by atoms with Crippen molar-refractivity contribution < 1.29 is 23.9 Å². The number of rotatable bonds is 9. The SMILES string of the molecule is O=C1CCC(CCC2Cc3cc(CNC(=O)c4ccc(CCN5CCOCC5)cc4)ccc3C2=O)C(=O)N1. The van der Waals surface area contributed by atoms with Gasteiger partial charge in [0.05, 0.1) is 13.2 Å². The molecule has 2 atom stereocenters. The van der Waals surface area contributed by atoms with Crippen molar-refractivity contribution in [2.75, 3.05) is 32.8 Å². The molecule has 2 heterocycles. The summed E-state index contributed by atoms with van der Waals surface area (Å²) in [4.78, 5) is 51.4. The summed E-state index contributed by atoms with van der Waals surface area (Å²) in [7, 11) is 0. The summed E-state index contributed by atoms with van der Waals surface area (Å²) in [5.74, 6) is -0.771. The molecule has 2 fully saturated rings. The number of amides is 3. The lowest BCUT2D eigenvalue weighted by Gasteiger charge is -2.26. The van der Waals surface area contributed by atoms with E-state index in [1.54, 1.807) is 0 Å². The first-order valence-corrected chi connectivity index (χ1v) is 13.6. The Hall–Kier alpha value is -3.36. The molecule has 2 aromatic carbocycles. The van der Waals surface area contributed by atoms with Crippen LogP contribution in [-0.2, 0) is 33.7 Å². The van der Waals surface area contributed by atoms with Gasteiger partial charge >= 0.3 is 0 Å². The second kappa shape index (κ2) is 12.0. The molecule has 2 aromatic rings. The normalized spacial score (nSPS) is 21.7. The van der Waals surface area contributed by atoms with Crippen molar-refractivity contribution in [1.29, 1.82) is 0 Å². The number of nitrogens with zero attached hydrogens (tertiary/aromatic N) is 1. The summed E-state index contributed by atoms with van der Waals surface area (Å²) in [5.41, 5.74) is 4.53. The Balaban J connectivity index is 1.09. The molecule has 2 N–H and O–H groups in total. The maximum Gasteiger partial charge on any atom is 0.251 e. The van der Waals surface area contributed by atoms with Crippen LogP contribution in [0.4, 0.5) is 0 Å². The largest absolute Gasteiger partial charge is 0.379 e. The van der Waals surface area contributed by atoms with Crippen LogP contribution in [0.2, 0.25) is 0 Å². The zero-order valence-corrected chi connectivity index (χ0v) is 21.7. The molecule has 0 aromatic heterocycles. The van der Waals surface area contributed by atoms with Crippen molar-refractivity contribution in [3.8, 4) is 0 Å². The first-order chi connectivity index (χ1) is 18.5. The van der Waals surface area contributed by atoms with E-state index in [1.165, 1.54) is 5.56 Å². The topological polar surface area (TPSA) is 105 Å². The maximum absolute atomic E-state index is 12.9. The van der Waals surface area contributed by atoms with E-state index in [-0.39, 0.29) is 35.3 Å². The van der Waals surface area contributed by atoms with Gasteiger partial charge in [0.1, 0.15) is 0 Å². The van der Waals surface area contributed by atoms with E-state index in [2.05, 4.69) is 15.5 Å². The highest BCUT2D eigenvalue weighted by molar-refractivity contribution is 6.02. The first-order valence-electron chi connectivity index (χ1n) is 13.6. The van der Waals surface area contributed by atoms with Gasteiger partial charge in [-0.2, -0.15) is 0 Å². The summed E-state index contributed by atoms with van der Waals surface area (Å²) >= 11 is 0. The van der Waals surface area contributed by atoms with Gasteiger partial charge in [0, 0.05) is 55.6 Å². The molecule has 5 rings (SSSR count). The predicted molar refractivity (Wildman–Crippen MR) is 142 cm³/mol. The number of nitrogens with one attached hydrogen (secondary N) is 2. The van der Waals surface area contributed by atoms with Gasteiger partial charge in [-0.05, 0) is 60.9 Å². The number of carbonyl (C=O) groups is 4. The van der Waals surface area contributed by atoms with Crippen molar-refractivity contribution in [3.05, 3.63) is 70.3 Å². The van der Waals surface area contributed by atoms with Crippen molar-refractivity contribution >= 4 is 23.5 Å². The predicted octanol–water partition coefficient (Wildman–Crippen LogP) is 2.68. The van der Waals surface area contributed by atoms with E-state index >= 15 is 0 Å². The Bertz CT molecular complexity index is 1200. The van der Waals surface area contributed by atoms with Crippen LogP contribution >= 0.6 is 0 Å². The Morgan fingerprint density at radius 3 is 2.47 bits per heavy atom. The molecular weight excluding hydrogens is 482 g/mol. The Morgan fingerprint density at radius 1 is 0.974 bits per heavy atom. The smallest absolute Gasteiger partial charge is 0.251 e. The highest BCUT2D eigenvalue weighted by atomic mass is 16.5. The van der Waals surface area contributed by atoms with Crippen LogP contribution in [0.25, 0.3) is 0 Å². The van der Waals surface area contributed by atoms with Crippen molar-refractivity contribution in [2.45, 2.75) is 45.1 Å². The Kier molecular flexibility index (Phi) is 8.29. The number of hydrogen-bond acceptors (Lipinski definition) is 6. The van der Waals surface area contributed by atoms with Crippen LogP contribution < -0.4 is 10.6 Å². The molecule has 0 bridgehead atoms. The third-order valence-corrected chi connectivity index (χ3v) is 7.98. The van der Waals surface area contributed by atoms with Crippen molar-refractivity contribution in [3.63, 3.8) is 0 Å². The zero-order chi connectivity index (χ0) is 26.5. The molecule has 0 saturated carbocycles. The lowest BCUT2D eigenvalue weighted by Crippen LogP contribution is -2.40. The Morgan fingerprint density at radius 2 is 1.71 bits per heavy atom. The average Bonchev–Trinajstić information content (AvgIpc) is 3.25. The molecule has 8 nitrogen and oxygen atoms in total. The second-order valence-corrected chi connectivity index (χ2v) is 10.6. The van der Waals surface area contributed by atoms with Crippen LogP contribution in [0.5, 0.6) is 0 Å². The number of fused-ring (bicyclic) bond motifs is 1. The molecular formula is C30H35N3O5. The molecule has 1 aliphatic carbocycles. The maximum atomic E-state index is 12.9. The average molecular weight is 518 g/mol. The van der Waals surface area contributed by atoms with Gasteiger partial charge in [0.2, 0.25) is 11.8 Å². The number of ether oxygens (including phenoxy) is 1. The van der Waals surface area contributed by atoms with E-state index in [9.17, 15) is 19.2 Å². The van der Waals surface area contributed by atoms with Gasteiger partial charge in [-0.1, -0.05) is 30.3 Å². The summed E-state index contributed by atoms with van der Waals surface area (Å²) in [5, 5.41) is 5.38. The molecule has 200 valence electrons. The number of imide groups is 1. The van der Waals surface area contributed by atoms with Gasteiger partial charge in [-0.3, -0.25) is 29.4 Å². The number of hydrogen-bond donors (Lipinski definition) is 2. The molecule has 3 amide bonds. The van der Waals surface area contributed by atoms with Crippen LogP contribution in [0.15, 0.2) is 42.5 Å². The summed E-state index contributed by atoms with van der Waals surface area (Å²) in [6.07, 6.45) is 3.76. The van der Waals surface area contributed by atoms with E-state index in [0.29, 0.717) is 44.2 Å². The quantitative estimate of drug-likeness (QED) is 0.496. The fourth-order valence-electron chi connectivity index (χ4n) is 5.61. The van der Waals surface area contributed by atoms with Crippen LogP contribution in [-0.4, -0.2) is 61.3 Å². The lowest BCUT2D eigenvalue weighted by atomic mass is 9.88. The third-order valence-electron chi connectivity index (χ3n) is 7.98. The number of piperidine rings is 1. The third kappa shape index (κ3) is 6.37. The van der Waals surface area contributed by atoms with Gasteiger partial charge < -0.3 is 10.1 Å². The first kappa shape index (κ1) is 26.3. The van der Waals surface area contributed by atoms with E-state index in [4.69, 9.17) is 4.74 Å². The van der Waals surface area contributed by atoms with E-state index in [1.807, 2.05) is 42.5 Å². The minimum absolute atomic E-state index is 0.122. The fourth-order valence-corrected chi connectivity index (χ4v) is 5.61. The Labute approximate surface area is 223 Å². The second-order valence-electron chi connectivity index (χ2n) is 10.6. The summed E-state index contributed by atoms with van der Waals surface area (Å²) in [6.45, 7) is 4.92. The van der Waals surface area contributed by atoms with E-state index < -0.39 is 0 Å². The summed E-state index contributed by atoms with van der Waals surface area (Å²) < 4.78 is 5.39. The fraction of sp³-hybridized carbons (Fsp3) is 0.467. The van der Waals surface area contributed by atoms with Gasteiger partial charge in [0.15, 0.2) is 5.78 Å². The van der Waals surface area contributed by atoms with E-state index in [0.717, 1.165) is 56.0 Å². The molecule has 2 aliphatic heterocycles. The molecule has 38 heavy (non-hydrogen) atoms. The number of benzene rings is 2. The van der Waals surface area contributed by atoms with Gasteiger partial charge in [-0.15, -0.1) is 0 Å². The van der Waals surface area contributed by atoms with Crippen LogP contribution in [0.3, 0.4) is 0 Å². The molecule has 2 unspecified atom stereocenters. The number of Topliss-reactive ketones (excluding diaryl/α,β-unsaturated/α-hetero) is 1. The van der Waals surface area contributed by atoms with Crippen molar-refractivity contribution in [2.24, 2.45) is 11.8 Å². The number of morpholine rings is 1. The molecule has 0 radical (unpaired) electrons. The van der Waals surface area contributed by atoms with Crippen LogP contribution in [0.1, 0.15) is 63.1 Å². The standard InChI is InChI=1S/C30H35N3O5/c34-27-10-8-23(30(37)32-27)6-7-24-18-25-17-21(3-9-26(25)28(24)35)19-31-29(36)22-4-1-20(2-5-22)11-12-33-13-15-38-16-14-33/h1-5,9,17,23-24H,6-8,10-16,18-19H2,(H,31,36)(H,32,34,37). The number of ketones is 1. The monoisotopic (exact) mass is 517 g/mol. The van der Waals surface area contributed by atoms with Crippen molar-refractivity contribution in [1.82, 2.24) is 15.5 Å². The van der Waals surface area contributed by atoms with Gasteiger partial charge in [-0.25, -0.2) is 0 Å². The van der Waals surface area contributed by atoms with Gasteiger partial charge in [0.25, 0.3) is 5.91 Å². The highest BCUT2D eigenvalue weighted by Crippen LogP contribution is 2.32. The molecule has 2 saturated heterocycles. The molecule has 8 heteroatoms. The highest BCUT2D eigenvalue weighted by Gasteiger charge is 2.33. The summed E-state index contributed by atoms with van der Waals surface area (Å²) in [6, 6.07) is 13.5.